The minimum Gasteiger partial charge on any atom is -0.395 e. The number of aliphatic hydroxyl groups excluding tert-OH is 1. The van der Waals surface area contributed by atoms with Gasteiger partial charge in [0, 0.05) is 12.5 Å². The van der Waals surface area contributed by atoms with Gasteiger partial charge in [0.05, 0.1) is 14.7 Å². The van der Waals surface area contributed by atoms with E-state index in [0.29, 0.717) is 6.42 Å². The Bertz CT molecular complexity index is 136. The Morgan fingerprint density at radius 2 is 1.80 bits per heavy atom. The fourth-order valence-corrected chi connectivity index (χ4v) is 1.13. The van der Waals surface area contributed by atoms with Crippen molar-refractivity contribution in [1.82, 2.24) is 0 Å². The van der Waals surface area contributed by atoms with Crippen molar-refractivity contribution in [1.29, 1.82) is 0 Å². The van der Waals surface area contributed by atoms with Crippen molar-refractivity contribution in [2.75, 3.05) is 6.61 Å². The van der Waals surface area contributed by atoms with E-state index in [0.717, 1.165) is 6.04 Å². The van der Waals surface area contributed by atoms with Crippen molar-refractivity contribution in [2.45, 2.75) is 32.1 Å². The summed E-state index contributed by atoms with van der Waals surface area (Å²) in [5.74, 6) is 6.00. The van der Waals surface area contributed by atoms with E-state index in [4.69, 9.17) is 5.11 Å². The van der Waals surface area contributed by atoms with Gasteiger partial charge in [0.1, 0.15) is 0 Å². The molecular formula is C8H16OSi. The maximum atomic E-state index is 8.40. The predicted octanol–water partition coefficient (Wildman–Crippen LogP) is 1.71. The molecule has 10 heavy (non-hydrogen) atoms. The van der Waals surface area contributed by atoms with Crippen LogP contribution in [0.4, 0.5) is 0 Å². The fraction of sp³-hybridized carbons (Fsp3) is 0.750. The van der Waals surface area contributed by atoms with Crippen molar-refractivity contribution in [3.05, 3.63) is 0 Å². The van der Waals surface area contributed by atoms with Crippen LogP contribution in [0, 0.1) is 11.8 Å². The molecule has 2 heteroatoms. The Morgan fingerprint density at radius 1 is 1.20 bits per heavy atom. The van der Waals surface area contributed by atoms with Crippen LogP contribution in [0.5, 0.6) is 0 Å². The lowest BCUT2D eigenvalue weighted by Gasteiger charge is -2.09. The number of aliphatic hydroxyl groups is 1. The van der Waals surface area contributed by atoms with Crippen LogP contribution in [0.2, 0.25) is 25.7 Å². The highest BCUT2D eigenvalue weighted by molar-refractivity contribution is 6.76. The Balaban J connectivity index is 3.46. The van der Waals surface area contributed by atoms with Gasteiger partial charge in [-0.05, 0) is 0 Å². The van der Waals surface area contributed by atoms with Gasteiger partial charge < -0.3 is 5.11 Å². The second-order valence-electron chi connectivity index (χ2n) is 3.56. The lowest BCUT2D eigenvalue weighted by Crippen LogP contribution is -2.17. The zero-order chi connectivity index (χ0) is 8.04. The van der Waals surface area contributed by atoms with E-state index < -0.39 is 8.07 Å². The average molecular weight is 156 g/mol. The van der Waals surface area contributed by atoms with Crippen LogP contribution < -0.4 is 0 Å². The molecular weight excluding hydrogens is 140 g/mol. The lowest BCUT2D eigenvalue weighted by atomic mass is 10.4. The Morgan fingerprint density at radius 3 is 2.20 bits per heavy atom. The minimum absolute atomic E-state index is 0.193. The van der Waals surface area contributed by atoms with Crippen molar-refractivity contribution in [2.24, 2.45) is 0 Å². The molecule has 58 valence electrons. The standard InChI is InChI=1S/C8H16OSi/c1-10(2,3)8-6-4-5-7-9/h9H,5,7-8H2,1-3H3. The first-order chi connectivity index (χ1) is 4.56. The number of rotatable bonds is 2. The number of hydrogen-bond acceptors (Lipinski definition) is 1. The third-order valence-corrected chi connectivity index (χ3v) is 2.22. The molecule has 1 nitrogen and oxygen atoms in total. The molecule has 0 saturated heterocycles. The highest BCUT2D eigenvalue weighted by Crippen LogP contribution is 2.05. The molecule has 0 aliphatic heterocycles. The van der Waals surface area contributed by atoms with Crippen molar-refractivity contribution < 1.29 is 5.11 Å². The highest BCUT2D eigenvalue weighted by Gasteiger charge is 2.09. The molecule has 0 radical (unpaired) electrons. The largest absolute Gasteiger partial charge is 0.395 e. The fourth-order valence-electron chi connectivity index (χ4n) is 0.472. The number of hydrogen-bond donors (Lipinski definition) is 1. The summed E-state index contributed by atoms with van der Waals surface area (Å²) < 4.78 is 0. The molecule has 0 aromatic heterocycles. The molecule has 0 fully saturated rings. The molecule has 0 saturated carbocycles. The van der Waals surface area contributed by atoms with E-state index in [1.165, 1.54) is 0 Å². The molecule has 0 aromatic rings. The zero-order valence-corrected chi connectivity index (χ0v) is 8.07. The van der Waals surface area contributed by atoms with Gasteiger partial charge in [-0.1, -0.05) is 19.6 Å². The van der Waals surface area contributed by atoms with Gasteiger partial charge in [-0.25, -0.2) is 0 Å². The maximum absolute atomic E-state index is 8.40. The SMILES string of the molecule is C[Si](C)(C)CC#CCCO. The summed E-state index contributed by atoms with van der Waals surface area (Å²) >= 11 is 0. The quantitative estimate of drug-likeness (QED) is 0.477. The second-order valence-corrected chi connectivity index (χ2v) is 9.04. The summed E-state index contributed by atoms with van der Waals surface area (Å²) in [6, 6.07) is 1.05. The third kappa shape index (κ3) is 7.74. The molecule has 0 bridgehead atoms. The minimum atomic E-state index is -0.962. The predicted molar refractivity (Wildman–Crippen MR) is 47.6 cm³/mol. The van der Waals surface area contributed by atoms with E-state index >= 15 is 0 Å². The van der Waals surface area contributed by atoms with Gasteiger partial charge in [0.25, 0.3) is 0 Å². The van der Waals surface area contributed by atoms with Crippen LogP contribution in [0.3, 0.4) is 0 Å². The summed E-state index contributed by atoms with van der Waals surface area (Å²) in [7, 11) is -0.962. The first-order valence-electron chi connectivity index (χ1n) is 3.63. The molecule has 0 spiro atoms. The molecule has 0 heterocycles. The topological polar surface area (TPSA) is 20.2 Å². The first kappa shape index (κ1) is 9.74. The van der Waals surface area contributed by atoms with Crippen molar-refractivity contribution in [3.8, 4) is 11.8 Å². The zero-order valence-electron chi connectivity index (χ0n) is 7.07. The maximum Gasteiger partial charge on any atom is 0.0573 e. The van der Waals surface area contributed by atoms with Crippen molar-refractivity contribution >= 4 is 8.07 Å². The van der Waals surface area contributed by atoms with Gasteiger partial charge in [0.2, 0.25) is 0 Å². The molecule has 0 atom stereocenters. The average Bonchev–Trinajstić information content (AvgIpc) is 1.78. The van der Waals surface area contributed by atoms with E-state index in [1.807, 2.05) is 0 Å². The van der Waals surface area contributed by atoms with Gasteiger partial charge in [0.15, 0.2) is 0 Å². The van der Waals surface area contributed by atoms with Crippen molar-refractivity contribution in [3.63, 3.8) is 0 Å². The normalized spacial score (nSPS) is 10.4. The first-order valence-corrected chi connectivity index (χ1v) is 7.33. The molecule has 0 unspecified atom stereocenters. The van der Waals surface area contributed by atoms with E-state index in [1.54, 1.807) is 0 Å². The van der Waals surface area contributed by atoms with Gasteiger partial charge >= 0.3 is 0 Å². The second kappa shape index (κ2) is 4.54. The van der Waals surface area contributed by atoms with E-state index in [-0.39, 0.29) is 6.61 Å². The van der Waals surface area contributed by atoms with Crippen LogP contribution >= 0.6 is 0 Å². The van der Waals surface area contributed by atoms with Crippen LogP contribution in [0.25, 0.3) is 0 Å². The molecule has 0 aliphatic carbocycles. The summed E-state index contributed by atoms with van der Waals surface area (Å²) in [4.78, 5) is 0. The van der Waals surface area contributed by atoms with Gasteiger partial charge in [-0.2, -0.15) is 0 Å². The summed E-state index contributed by atoms with van der Waals surface area (Å²) in [6.45, 7) is 7.07. The summed E-state index contributed by atoms with van der Waals surface area (Å²) in [5.41, 5.74) is 0. The summed E-state index contributed by atoms with van der Waals surface area (Å²) in [5, 5.41) is 8.40. The molecule has 0 aliphatic rings. The van der Waals surface area contributed by atoms with Crippen LogP contribution in [-0.4, -0.2) is 19.8 Å². The summed E-state index contributed by atoms with van der Waals surface area (Å²) in [6.07, 6.45) is 0.629. The Labute approximate surface area is 64.5 Å². The third-order valence-electron chi connectivity index (χ3n) is 0.981. The van der Waals surface area contributed by atoms with Gasteiger partial charge in [-0.3, -0.25) is 0 Å². The Hall–Kier alpha value is -0.263. The molecule has 0 amide bonds. The smallest absolute Gasteiger partial charge is 0.0573 e. The van der Waals surface area contributed by atoms with Crippen LogP contribution in [0.1, 0.15) is 6.42 Å². The molecule has 0 aromatic carbocycles. The van der Waals surface area contributed by atoms with Crippen LogP contribution in [0.15, 0.2) is 0 Å². The van der Waals surface area contributed by atoms with E-state index in [9.17, 15) is 0 Å². The molecule has 1 N–H and O–H groups in total. The monoisotopic (exact) mass is 156 g/mol. The lowest BCUT2D eigenvalue weighted by molar-refractivity contribution is 0.305. The van der Waals surface area contributed by atoms with E-state index in [2.05, 4.69) is 31.5 Å². The van der Waals surface area contributed by atoms with Gasteiger partial charge in [-0.15, -0.1) is 11.8 Å². The van der Waals surface area contributed by atoms with Crippen LogP contribution in [-0.2, 0) is 0 Å². The highest BCUT2D eigenvalue weighted by atomic mass is 28.3. The Kier molecular flexibility index (Phi) is 4.42. The molecule has 0 rings (SSSR count).